The Morgan fingerprint density at radius 3 is 2.33 bits per heavy atom. The van der Waals surface area contributed by atoms with Crippen LogP contribution in [-0.2, 0) is 9.84 Å². The van der Waals surface area contributed by atoms with Gasteiger partial charge in [0, 0.05) is 18.3 Å². The van der Waals surface area contributed by atoms with Gasteiger partial charge in [0.25, 0.3) is 0 Å². The van der Waals surface area contributed by atoms with Gasteiger partial charge in [0.05, 0.1) is 5.25 Å². The summed E-state index contributed by atoms with van der Waals surface area (Å²) < 4.78 is 23.6. The monoisotopic (exact) mass is 273 g/mol. The zero-order valence-corrected chi connectivity index (χ0v) is 12.7. The van der Waals surface area contributed by atoms with Crippen molar-refractivity contribution < 1.29 is 8.42 Å². The predicted octanol–water partition coefficient (Wildman–Crippen LogP) is 2.37. The van der Waals surface area contributed by atoms with Gasteiger partial charge in [-0.25, -0.2) is 8.42 Å². The van der Waals surface area contributed by atoms with Crippen LogP contribution in [0.2, 0.25) is 0 Å². The molecule has 0 aromatic rings. The lowest BCUT2D eigenvalue weighted by atomic mass is 9.79. The van der Waals surface area contributed by atoms with E-state index in [1.807, 2.05) is 0 Å². The van der Waals surface area contributed by atoms with Crippen molar-refractivity contribution >= 4 is 9.84 Å². The van der Waals surface area contributed by atoms with Crippen LogP contribution in [0.1, 0.15) is 52.4 Å². The van der Waals surface area contributed by atoms with Gasteiger partial charge in [0.2, 0.25) is 0 Å². The summed E-state index contributed by atoms with van der Waals surface area (Å²) in [5.74, 6) is 1.50. The van der Waals surface area contributed by atoms with Gasteiger partial charge in [-0.15, -0.1) is 0 Å². The molecule has 1 N–H and O–H groups in total. The maximum Gasteiger partial charge on any atom is 0.151 e. The van der Waals surface area contributed by atoms with E-state index in [0.717, 1.165) is 25.2 Å². The molecule has 5 unspecified atom stereocenters. The summed E-state index contributed by atoms with van der Waals surface area (Å²) in [6.07, 6.45) is 8.06. The molecule has 0 aliphatic heterocycles. The predicted molar refractivity (Wildman–Crippen MR) is 75.4 cm³/mol. The Labute approximate surface area is 112 Å². The van der Waals surface area contributed by atoms with Crippen molar-refractivity contribution in [3.05, 3.63) is 0 Å². The van der Waals surface area contributed by atoms with Crippen molar-refractivity contribution in [2.24, 2.45) is 11.8 Å². The van der Waals surface area contributed by atoms with Gasteiger partial charge in [0.15, 0.2) is 9.84 Å². The zero-order valence-electron chi connectivity index (χ0n) is 11.9. The highest BCUT2D eigenvalue weighted by molar-refractivity contribution is 7.91. The number of nitrogens with one attached hydrogen (secondary N) is 1. The second kappa shape index (κ2) is 5.49. The molecule has 18 heavy (non-hydrogen) atoms. The first kappa shape index (κ1) is 14.3. The van der Waals surface area contributed by atoms with Gasteiger partial charge in [0.1, 0.15) is 0 Å². The van der Waals surface area contributed by atoms with E-state index in [4.69, 9.17) is 0 Å². The molecule has 0 amide bonds. The second-order valence-corrected chi connectivity index (χ2v) is 8.84. The lowest BCUT2D eigenvalue weighted by molar-refractivity contribution is 0.214. The van der Waals surface area contributed by atoms with Crippen molar-refractivity contribution in [3.8, 4) is 0 Å². The second-order valence-electron chi connectivity index (χ2n) is 6.57. The van der Waals surface area contributed by atoms with Crippen molar-refractivity contribution in [3.63, 3.8) is 0 Å². The summed E-state index contributed by atoms with van der Waals surface area (Å²) in [5, 5.41) is 3.52. The van der Waals surface area contributed by atoms with Crippen LogP contribution in [0.4, 0.5) is 0 Å². The van der Waals surface area contributed by atoms with Gasteiger partial charge in [-0.3, -0.25) is 0 Å². The van der Waals surface area contributed by atoms with Gasteiger partial charge in [-0.1, -0.05) is 20.3 Å². The van der Waals surface area contributed by atoms with Crippen LogP contribution in [0.3, 0.4) is 0 Å². The Morgan fingerprint density at radius 1 is 1.00 bits per heavy atom. The van der Waals surface area contributed by atoms with Crippen molar-refractivity contribution in [2.75, 3.05) is 6.26 Å². The minimum atomic E-state index is -2.89. The summed E-state index contributed by atoms with van der Waals surface area (Å²) in [4.78, 5) is 0. The fourth-order valence-corrected chi connectivity index (χ4v) is 5.22. The van der Waals surface area contributed by atoms with E-state index >= 15 is 0 Å². The summed E-state index contributed by atoms with van der Waals surface area (Å²) in [7, 11) is -2.89. The number of rotatable bonds is 3. The molecule has 0 heterocycles. The summed E-state index contributed by atoms with van der Waals surface area (Å²) in [6, 6.07) is 0.717. The molecule has 0 aromatic carbocycles. The first-order valence-electron chi connectivity index (χ1n) is 7.33. The Balaban J connectivity index is 1.96. The average Bonchev–Trinajstić information content (AvgIpc) is 2.70. The quantitative estimate of drug-likeness (QED) is 0.858. The van der Waals surface area contributed by atoms with E-state index in [2.05, 4.69) is 19.2 Å². The first-order chi connectivity index (χ1) is 8.38. The van der Waals surface area contributed by atoms with E-state index in [9.17, 15) is 8.42 Å². The molecule has 0 bridgehead atoms. The van der Waals surface area contributed by atoms with Gasteiger partial charge < -0.3 is 5.32 Å². The van der Waals surface area contributed by atoms with E-state index in [1.54, 1.807) is 0 Å². The third-order valence-corrected chi connectivity index (χ3v) is 6.53. The highest BCUT2D eigenvalue weighted by Crippen LogP contribution is 2.32. The molecule has 3 nitrogen and oxygen atoms in total. The Kier molecular flexibility index (Phi) is 4.37. The van der Waals surface area contributed by atoms with Crippen LogP contribution in [0.25, 0.3) is 0 Å². The minimum Gasteiger partial charge on any atom is -0.310 e. The summed E-state index contributed by atoms with van der Waals surface area (Å²) >= 11 is 0. The zero-order chi connectivity index (χ0) is 13.3. The molecule has 2 aliphatic carbocycles. The molecule has 0 aromatic heterocycles. The van der Waals surface area contributed by atoms with Gasteiger partial charge >= 0.3 is 0 Å². The normalized spacial score (nSPS) is 42.1. The van der Waals surface area contributed by atoms with E-state index in [-0.39, 0.29) is 11.3 Å². The van der Waals surface area contributed by atoms with Crippen LogP contribution < -0.4 is 5.32 Å². The molecule has 2 saturated carbocycles. The number of sulfone groups is 1. The third kappa shape index (κ3) is 3.27. The standard InChI is InChI=1S/C14H27NO2S/c1-10-7-8-12(11(2)9-10)15-13-5-4-6-14(13)18(3,16)17/h10-15H,4-9H2,1-3H3. The molecule has 0 spiro atoms. The number of hydrogen-bond acceptors (Lipinski definition) is 3. The van der Waals surface area contributed by atoms with Crippen LogP contribution in [0, 0.1) is 11.8 Å². The topological polar surface area (TPSA) is 46.2 Å². The highest BCUT2D eigenvalue weighted by atomic mass is 32.2. The van der Waals surface area contributed by atoms with Crippen LogP contribution in [0.5, 0.6) is 0 Å². The fourth-order valence-electron chi connectivity index (χ4n) is 3.82. The van der Waals surface area contributed by atoms with Crippen LogP contribution in [-0.4, -0.2) is 32.0 Å². The molecule has 106 valence electrons. The number of hydrogen-bond donors (Lipinski definition) is 1. The van der Waals surface area contributed by atoms with Crippen molar-refractivity contribution in [2.45, 2.75) is 69.7 Å². The van der Waals surface area contributed by atoms with Crippen LogP contribution >= 0.6 is 0 Å². The summed E-state index contributed by atoms with van der Waals surface area (Å²) in [5.41, 5.74) is 0. The molecular formula is C14H27NO2S. The largest absolute Gasteiger partial charge is 0.310 e. The molecule has 2 aliphatic rings. The molecule has 4 heteroatoms. The average molecular weight is 273 g/mol. The lowest BCUT2D eigenvalue weighted by Crippen LogP contribution is -2.49. The van der Waals surface area contributed by atoms with Gasteiger partial charge in [-0.05, 0) is 43.9 Å². The third-order valence-electron chi connectivity index (χ3n) is 4.86. The molecule has 2 fully saturated rings. The molecule has 5 atom stereocenters. The Morgan fingerprint density at radius 2 is 1.72 bits per heavy atom. The maximum absolute atomic E-state index is 11.8. The lowest BCUT2D eigenvalue weighted by Gasteiger charge is -2.36. The van der Waals surface area contributed by atoms with E-state index in [1.165, 1.54) is 25.5 Å². The van der Waals surface area contributed by atoms with E-state index in [0.29, 0.717) is 12.0 Å². The van der Waals surface area contributed by atoms with E-state index < -0.39 is 9.84 Å². The molecule has 0 saturated heterocycles. The Bertz CT molecular complexity index is 379. The van der Waals surface area contributed by atoms with Gasteiger partial charge in [-0.2, -0.15) is 0 Å². The smallest absolute Gasteiger partial charge is 0.151 e. The van der Waals surface area contributed by atoms with Crippen LogP contribution in [0.15, 0.2) is 0 Å². The fraction of sp³-hybridized carbons (Fsp3) is 1.00. The van der Waals surface area contributed by atoms with Crippen molar-refractivity contribution in [1.82, 2.24) is 5.32 Å². The maximum atomic E-state index is 11.8. The molecular weight excluding hydrogens is 246 g/mol. The molecule has 2 rings (SSSR count). The first-order valence-corrected chi connectivity index (χ1v) is 9.28. The SMILES string of the molecule is CC1CCC(NC2CCCC2S(C)(=O)=O)C(C)C1. The highest BCUT2D eigenvalue weighted by Gasteiger charge is 2.37. The van der Waals surface area contributed by atoms with Crippen molar-refractivity contribution in [1.29, 1.82) is 0 Å². The Hall–Kier alpha value is -0.0900. The summed E-state index contributed by atoms with van der Waals surface area (Å²) in [6.45, 7) is 4.62. The molecule has 0 radical (unpaired) electrons. The minimum absolute atomic E-state index is 0.149.